The number of hydrogen-bond acceptors (Lipinski definition) is 5. The van der Waals surface area contributed by atoms with Crippen molar-refractivity contribution in [2.75, 3.05) is 45.3 Å². The number of unbranched alkanes of at least 4 members (excludes halogenated alkanes) is 1. The second kappa shape index (κ2) is 11.5. The monoisotopic (exact) mass is 508 g/mol. The second-order valence-corrected chi connectivity index (χ2v) is 8.55. The first-order valence-electron chi connectivity index (χ1n) is 9.30. The maximum Gasteiger partial charge on any atom is 0.157 e. The zero-order chi connectivity index (χ0) is 20.7. The van der Waals surface area contributed by atoms with Crippen LogP contribution in [0.5, 0.6) is 11.5 Å². The van der Waals surface area contributed by atoms with Crippen molar-refractivity contribution >= 4 is 61.8 Å². The quantitative estimate of drug-likeness (QED) is 0.301. The Labute approximate surface area is 190 Å². The first-order valence-corrected chi connectivity index (χ1v) is 11.8. The molecule has 1 heterocycles. The molecule has 0 saturated carbocycles. The van der Waals surface area contributed by atoms with Gasteiger partial charge in [-0.15, -0.1) is 0 Å². The number of hydrogen-bond donors (Lipinski definition) is 0. The van der Waals surface area contributed by atoms with E-state index in [9.17, 15) is 0 Å². The summed E-state index contributed by atoms with van der Waals surface area (Å²) in [6, 6.07) is 2.07. The number of benzene rings is 1. The van der Waals surface area contributed by atoms with E-state index in [0.29, 0.717) is 31.7 Å². The van der Waals surface area contributed by atoms with E-state index in [0.717, 1.165) is 44.7 Å². The lowest BCUT2D eigenvalue weighted by Gasteiger charge is -2.28. The Morgan fingerprint density at radius 2 is 1.57 bits per heavy atom. The van der Waals surface area contributed by atoms with E-state index in [1.807, 2.05) is 5.38 Å². The summed E-state index contributed by atoms with van der Waals surface area (Å²) in [4.78, 5) is 4.58. The Morgan fingerprint density at radius 1 is 1.00 bits per heavy atom. The van der Waals surface area contributed by atoms with Crippen LogP contribution in [0, 0.1) is 0 Å². The van der Waals surface area contributed by atoms with Gasteiger partial charge in [0.2, 0.25) is 0 Å². The molecule has 0 unspecified atom stereocenters. The van der Waals surface area contributed by atoms with E-state index < -0.39 is 0 Å². The predicted octanol–water partition coefficient (Wildman–Crippen LogP) is 7.09. The summed E-state index contributed by atoms with van der Waals surface area (Å²) in [5.41, 5.74) is 1.77. The van der Waals surface area contributed by atoms with Crippen molar-refractivity contribution in [3.8, 4) is 11.5 Å². The average Bonchev–Trinajstić information content (AvgIpc) is 3.21. The van der Waals surface area contributed by atoms with E-state index in [4.69, 9.17) is 32.7 Å². The maximum atomic E-state index is 6.73. The molecule has 0 fully saturated rings. The number of ether oxygens (including phenoxy) is 2. The highest BCUT2D eigenvalue weighted by Crippen LogP contribution is 2.53. The SMILES string of the molecule is CCN(CC)CCCCN(c1ccsc1)c1c(Cl)c(OC)c(Br)c(OC)c1Cl. The van der Waals surface area contributed by atoms with Crippen molar-refractivity contribution in [1.29, 1.82) is 0 Å². The maximum absolute atomic E-state index is 6.73. The summed E-state index contributed by atoms with van der Waals surface area (Å²) in [6.45, 7) is 8.42. The third-order valence-electron chi connectivity index (χ3n) is 4.71. The highest BCUT2D eigenvalue weighted by atomic mass is 79.9. The van der Waals surface area contributed by atoms with Crippen LogP contribution in [0.2, 0.25) is 10.0 Å². The van der Waals surface area contributed by atoms with Crippen LogP contribution >= 0.6 is 50.5 Å². The lowest BCUT2D eigenvalue weighted by Crippen LogP contribution is -2.25. The van der Waals surface area contributed by atoms with Gasteiger partial charge in [0.25, 0.3) is 0 Å². The van der Waals surface area contributed by atoms with Crippen LogP contribution in [0.1, 0.15) is 26.7 Å². The van der Waals surface area contributed by atoms with Crippen molar-refractivity contribution in [2.24, 2.45) is 0 Å². The molecule has 156 valence electrons. The van der Waals surface area contributed by atoms with E-state index in [2.05, 4.69) is 51.0 Å². The Kier molecular flexibility index (Phi) is 9.71. The number of halogens is 3. The minimum Gasteiger partial charge on any atom is -0.494 e. The van der Waals surface area contributed by atoms with Gasteiger partial charge in [0.1, 0.15) is 14.5 Å². The van der Waals surface area contributed by atoms with Crippen LogP contribution in [0.3, 0.4) is 0 Å². The minimum atomic E-state index is 0.468. The first-order chi connectivity index (χ1) is 13.5. The smallest absolute Gasteiger partial charge is 0.157 e. The molecule has 1 aromatic heterocycles. The zero-order valence-corrected chi connectivity index (χ0v) is 20.6. The largest absolute Gasteiger partial charge is 0.494 e. The van der Waals surface area contributed by atoms with E-state index in [-0.39, 0.29) is 0 Å². The van der Waals surface area contributed by atoms with Gasteiger partial charge in [-0.25, -0.2) is 0 Å². The molecule has 0 atom stereocenters. The van der Waals surface area contributed by atoms with Gasteiger partial charge in [0, 0.05) is 11.9 Å². The van der Waals surface area contributed by atoms with E-state index >= 15 is 0 Å². The fourth-order valence-electron chi connectivity index (χ4n) is 3.13. The Bertz CT molecular complexity index is 724. The minimum absolute atomic E-state index is 0.468. The molecule has 0 radical (unpaired) electrons. The predicted molar refractivity (Wildman–Crippen MR) is 126 cm³/mol. The molecule has 0 spiro atoms. The molecule has 28 heavy (non-hydrogen) atoms. The standard InChI is InChI=1S/C20H27BrCl2N2O2S/c1-5-24(6-2)10-7-8-11-25(14-9-12-28-13-14)18-16(22)19(26-3)15(21)20(27-4)17(18)23/h9,12-13H,5-8,10-11H2,1-4H3. The molecule has 0 saturated heterocycles. The Morgan fingerprint density at radius 3 is 2.04 bits per heavy atom. The Balaban J connectivity index is 2.37. The molecule has 0 amide bonds. The molecule has 2 rings (SSSR count). The zero-order valence-electron chi connectivity index (χ0n) is 16.7. The van der Waals surface area contributed by atoms with Gasteiger partial charge in [-0.1, -0.05) is 37.0 Å². The van der Waals surface area contributed by atoms with Crippen molar-refractivity contribution < 1.29 is 9.47 Å². The number of thiophene rings is 1. The highest BCUT2D eigenvalue weighted by Gasteiger charge is 2.27. The molecule has 0 bridgehead atoms. The van der Waals surface area contributed by atoms with Crippen LogP contribution in [0.4, 0.5) is 11.4 Å². The van der Waals surface area contributed by atoms with E-state index in [1.165, 1.54) is 0 Å². The molecule has 2 aromatic rings. The summed E-state index contributed by atoms with van der Waals surface area (Å²) < 4.78 is 11.7. The van der Waals surface area contributed by atoms with Gasteiger partial charge < -0.3 is 19.3 Å². The molecule has 8 heteroatoms. The van der Waals surface area contributed by atoms with Gasteiger partial charge in [-0.05, 0) is 59.9 Å². The molecule has 1 aromatic carbocycles. The summed E-state index contributed by atoms with van der Waals surface area (Å²) in [6.07, 6.45) is 2.11. The summed E-state index contributed by atoms with van der Waals surface area (Å²) in [7, 11) is 3.17. The number of methoxy groups -OCH3 is 2. The van der Waals surface area contributed by atoms with Crippen LogP contribution in [-0.2, 0) is 0 Å². The first kappa shape index (κ1) is 23.6. The van der Waals surface area contributed by atoms with Crippen molar-refractivity contribution in [1.82, 2.24) is 4.90 Å². The number of rotatable bonds is 11. The topological polar surface area (TPSA) is 24.9 Å². The molecule has 0 aliphatic rings. The second-order valence-electron chi connectivity index (χ2n) is 6.22. The normalized spacial score (nSPS) is 11.1. The van der Waals surface area contributed by atoms with Gasteiger partial charge >= 0.3 is 0 Å². The van der Waals surface area contributed by atoms with E-state index in [1.54, 1.807) is 25.6 Å². The third-order valence-corrected chi connectivity index (χ3v) is 6.80. The molecular formula is C20H27BrCl2N2O2S. The fourth-order valence-corrected chi connectivity index (χ4v) is 5.50. The third kappa shape index (κ3) is 5.28. The van der Waals surface area contributed by atoms with Crippen LogP contribution in [0.25, 0.3) is 0 Å². The van der Waals surface area contributed by atoms with Gasteiger partial charge in [-0.2, -0.15) is 11.3 Å². The number of anilines is 2. The van der Waals surface area contributed by atoms with Gasteiger partial charge in [0.05, 0.1) is 25.6 Å². The lowest BCUT2D eigenvalue weighted by atomic mass is 10.2. The molecular weight excluding hydrogens is 483 g/mol. The molecule has 0 aliphatic carbocycles. The average molecular weight is 510 g/mol. The molecule has 0 N–H and O–H groups in total. The highest BCUT2D eigenvalue weighted by molar-refractivity contribution is 9.10. The van der Waals surface area contributed by atoms with Crippen LogP contribution < -0.4 is 14.4 Å². The Hall–Kier alpha value is -0.660. The van der Waals surface area contributed by atoms with Crippen LogP contribution in [0.15, 0.2) is 21.3 Å². The summed E-state index contributed by atoms with van der Waals surface area (Å²) in [5.74, 6) is 1.03. The fraction of sp³-hybridized carbons (Fsp3) is 0.500. The lowest BCUT2D eigenvalue weighted by molar-refractivity contribution is 0.297. The van der Waals surface area contributed by atoms with Gasteiger partial charge in [-0.3, -0.25) is 0 Å². The number of nitrogens with zero attached hydrogens (tertiary/aromatic N) is 2. The van der Waals surface area contributed by atoms with Crippen molar-refractivity contribution in [3.63, 3.8) is 0 Å². The van der Waals surface area contributed by atoms with Crippen molar-refractivity contribution in [2.45, 2.75) is 26.7 Å². The summed E-state index contributed by atoms with van der Waals surface area (Å²) >= 11 is 18.6. The van der Waals surface area contributed by atoms with Crippen molar-refractivity contribution in [3.05, 3.63) is 31.3 Å². The molecule has 0 aliphatic heterocycles. The van der Waals surface area contributed by atoms with Gasteiger partial charge in [0.15, 0.2) is 11.5 Å². The summed E-state index contributed by atoms with van der Waals surface area (Å²) in [5, 5.41) is 5.08. The molecule has 4 nitrogen and oxygen atoms in total. The van der Waals surface area contributed by atoms with Crippen LogP contribution in [-0.4, -0.2) is 45.3 Å².